The van der Waals surface area contributed by atoms with E-state index in [0.29, 0.717) is 13.0 Å². The van der Waals surface area contributed by atoms with Gasteiger partial charge in [0.1, 0.15) is 0 Å². The molecule has 0 heterocycles. The van der Waals surface area contributed by atoms with Crippen LogP contribution in [0.3, 0.4) is 0 Å². The molecule has 0 bridgehead atoms. The van der Waals surface area contributed by atoms with Crippen LogP contribution in [-0.4, -0.2) is 30.2 Å². The van der Waals surface area contributed by atoms with Crippen molar-refractivity contribution in [3.8, 4) is 0 Å². The first-order valence-electron chi connectivity index (χ1n) is 6.19. The van der Waals surface area contributed by atoms with Gasteiger partial charge in [-0.05, 0) is 19.3 Å². The Hall–Kier alpha value is -0.610. The van der Waals surface area contributed by atoms with E-state index < -0.39 is 6.04 Å². The van der Waals surface area contributed by atoms with Crippen LogP contribution in [0, 0.1) is 5.41 Å². The zero-order valence-corrected chi connectivity index (χ0v) is 10.8. The average molecular weight is 230 g/mol. The third-order valence-electron chi connectivity index (χ3n) is 3.41. The van der Waals surface area contributed by atoms with E-state index in [1.165, 1.54) is 0 Å². The Morgan fingerprint density at radius 2 is 1.94 bits per heavy atom. The maximum Gasteiger partial charge on any atom is 0.236 e. The largest absolute Gasteiger partial charge is 0.396 e. The molecule has 4 N–H and O–H groups in total. The monoisotopic (exact) mass is 230 g/mol. The number of aliphatic hydroxyl groups excluding tert-OH is 1. The molecule has 1 atom stereocenters. The lowest BCUT2D eigenvalue weighted by atomic mass is 9.83. The highest BCUT2D eigenvalue weighted by Crippen LogP contribution is 2.24. The van der Waals surface area contributed by atoms with E-state index in [9.17, 15) is 9.90 Å². The fourth-order valence-corrected chi connectivity index (χ4v) is 1.63. The van der Waals surface area contributed by atoms with Crippen molar-refractivity contribution in [3.05, 3.63) is 0 Å². The quantitative estimate of drug-likeness (QED) is 0.583. The van der Waals surface area contributed by atoms with Gasteiger partial charge in [-0.2, -0.15) is 0 Å². The van der Waals surface area contributed by atoms with Crippen LogP contribution in [-0.2, 0) is 4.79 Å². The molecular weight excluding hydrogens is 204 g/mol. The number of rotatable bonds is 8. The van der Waals surface area contributed by atoms with Gasteiger partial charge in [-0.1, -0.05) is 27.2 Å². The van der Waals surface area contributed by atoms with E-state index in [1.54, 1.807) is 0 Å². The van der Waals surface area contributed by atoms with E-state index in [-0.39, 0.29) is 17.9 Å². The SMILES string of the molecule is CCC[C@H](N)C(=O)NCC(CC)(CC)CO. The summed E-state index contributed by atoms with van der Waals surface area (Å²) in [4.78, 5) is 11.6. The molecule has 4 nitrogen and oxygen atoms in total. The fourth-order valence-electron chi connectivity index (χ4n) is 1.63. The van der Waals surface area contributed by atoms with E-state index in [2.05, 4.69) is 5.32 Å². The molecule has 0 radical (unpaired) electrons. The van der Waals surface area contributed by atoms with Crippen LogP contribution in [0.25, 0.3) is 0 Å². The maximum atomic E-state index is 11.6. The molecule has 0 aromatic carbocycles. The Labute approximate surface area is 98.6 Å². The zero-order chi connectivity index (χ0) is 12.6. The summed E-state index contributed by atoms with van der Waals surface area (Å²) in [6, 6.07) is -0.421. The highest BCUT2D eigenvalue weighted by molar-refractivity contribution is 5.81. The van der Waals surface area contributed by atoms with Crippen LogP contribution in [0.4, 0.5) is 0 Å². The van der Waals surface area contributed by atoms with Gasteiger partial charge < -0.3 is 16.2 Å². The van der Waals surface area contributed by atoms with Gasteiger partial charge in [0, 0.05) is 12.0 Å². The Balaban J connectivity index is 4.15. The van der Waals surface area contributed by atoms with Gasteiger partial charge in [0.25, 0.3) is 0 Å². The topological polar surface area (TPSA) is 75.4 Å². The average Bonchev–Trinajstić information content (AvgIpc) is 2.31. The molecule has 4 heteroatoms. The second-order valence-corrected chi connectivity index (χ2v) is 4.48. The zero-order valence-electron chi connectivity index (χ0n) is 10.8. The molecule has 16 heavy (non-hydrogen) atoms. The molecule has 0 spiro atoms. The summed E-state index contributed by atoms with van der Waals surface area (Å²) >= 11 is 0. The molecule has 0 fully saturated rings. The van der Waals surface area contributed by atoms with Crippen LogP contribution in [0.2, 0.25) is 0 Å². The van der Waals surface area contributed by atoms with Crippen molar-refractivity contribution >= 4 is 5.91 Å². The first kappa shape index (κ1) is 15.4. The molecule has 0 saturated carbocycles. The van der Waals surface area contributed by atoms with Crippen molar-refractivity contribution < 1.29 is 9.90 Å². The van der Waals surface area contributed by atoms with Crippen LogP contribution in [0.15, 0.2) is 0 Å². The molecule has 0 aromatic heterocycles. The van der Waals surface area contributed by atoms with Gasteiger partial charge >= 0.3 is 0 Å². The molecule has 0 rings (SSSR count). The molecule has 1 amide bonds. The summed E-state index contributed by atoms with van der Waals surface area (Å²) in [6.07, 6.45) is 3.31. The lowest BCUT2D eigenvalue weighted by molar-refractivity contribution is -0.123. The highest BCUT2D eigenvalue weighted by atomic mass is 16.3. The van der Waals surface area contributed by atoms with Crippen LogP contribution in [0.5, 0.6) is 0 Å². The molecular formula is C12H26N2O2. The fraction of sp³-hybridized carbons (Fsp3) is 0.917. The first-order valence-corrected chi connectivity index (χ1v) is 6.19. The van der Waals surface area contributed by atoms with Gasteiger partial charge in [0.2, 0.25) is 5.91 Å². The number of hydrogen-bond donors (Lipinski definition) is 3. The normalized spacial score (nSPS) is 13.6. The van der Waals surface area contributed by atoms with E-state index in [4.69, 9.17) is 5.73 Å². The molecule has 0 aliphatic heterocycles. The van der Waals surface area contributed by atoms with Gasteiger partial charge in [-0.3, -0.25) is 4.79 Å². The van der Waals surface area contributed by atoms with Gasteiger partial charge in [0.05, 0.1) is 12.6 Å². The molecule has 0 aliphatic carbocycles. The highest BCUT2D eigenvalue weighted by Gasteiger charge is 2.26. The molecule has 0 aromatic rings. The summed E-state index contributed by atoms with van der Waals surface area (Å²) < 4.78 is 0. The number of amides is 1. The number of aliphatic hydroxyl groups is 1. The lowest BCUT2D eigenvalue weighted by Crippen LogP contribution is -2.46. The lowest BCUT2D eigenvalue weighted by Gasteiger charge is -2.30. The van der Waals surface area contributed by atoms with Crippen molar-refractivity contribution in [2.75, 3.05) is 13.2 Å². The smallest absolute Gasteiger partial charge is 0.236 e. The Morgan fingerprint density at radius 3 is 2.31 bits per heavy atom. The third-order valence-corrected chi connectivity index (χ3v) is 3.41. The number of hydrogen-bond acceptors (Lipinski definition) is 3. The minimum Gasteiger partial charge on any atom is -0.396 e. The van der Waals surface area contributed by atoms with E-state index in [0.717, 1.165) is 19.3 Å². The van der Waals surface area contributed by atoms with Crippen molar-refractivity contribution in [2.24, 2.45) is 11.1 Å². The molecule has 96 valence electrons. The van der Waals surface area contributed by atoms with Crippen molar-refractivity contribution in [1.82, 2.24) is 5.32 Å². The first-order chi connectivity index (χ1) is 7.55. The van der Waals surface area contributed by atoms with Crippen LogP contribution >= 0.6 is 0 Å². The maximum absolute atomic E-state index is 11.6. The number of carbonyl (C=O) groups is 1. The van der Waals surface area contributed by atoms with Gasteiger partial charge in [-0.15, -0.1) is 0 Å². The van der Waals surface area contributed by atoms with Gasteiger partial charge in [0.15, 0.2) is 0 Å². The Bertz CT molecular complexity index is 195. The second kappa shape index (κ2) is 7.63. The number of nitrogens with one attached hydrogen (secondary N) is 1. The van der Waals surface area contributed by atoms with Crippen molar-refractivity contribution in [1.29, 1.82) is 0 Å². The predicted molar refractivity (Wildman–Crippen MR) is 66.0 cm³/mol. The van der Waals surface area contributed by atoms with Gasteiger partial charge in [-0.25, -0.2) is 0 Å². The Morgan fingerprint density at radius 1 is 1.38 bits per heavy atom. The molecule has 0 saturated heterocycles. The van der Waals surface area contributed by atoms with Crippen molar-refractivity contribution in [2.45, 2.75) is 52.5 Å². The number of carbonyl (C=O) groups excluding carboxylic acids is 1. The van der Waals surface area contributed by atoms with Crippen LogP contribution < -0.4 is 11.1 Å². The van der Waals surface area contributed by atoms with E-state index in [1.807, 2.05) is 20.8 Å². The minimum atomic E-state index is -0.421. The third kappa shape index (κ3) is 4.49. The second-order valence-electron chi connectivity index (χ2n) is 4.48. The van der Waals surface area contributed by atoms with E-state index >= 15 is 0 Å². The summed E-state index contributed by atoms with van der Waals surface area (Å²) in [6.45, 7) is 6.66. The summed E-state index contributed by atoms with van der Waals surface area (Å²) in [5.41, 5.74) is 5.51. The summed E-state index contributed by atoms with van der Waals surface area (Å²) in [5.74, 6) is -0.110. The predicted octanol–water partition coefficient (Wildman–Crippen LogP) is 1.03. The van der Waals surface area contributed by atoms with Crippen LogP contribution in [0.1, 0.15) is 46.5 Å². The summed E-state index contributed by atoms with van der Waals surface area (Å²) in [7, 11) is 0. The summed E-state index contributed by atoms with van der Waals surface area (Å²) in [5, 5.41) is 12.2. The van der Waals surface area contributed by atoms with Crippen molar-refractivity contribution in [3.63, 3.8) is 0 Å². The minimum absolute atomic E-state index is 0.100. The number of nitrogens with two attached hydrogens (primary N) is 1. The standard InChI is InChI=1S/C12H26N2O2/c1-4-7-10(13)11(16)14-8-12(5-2,6-3)9-15/h10,15H,4-9,13H2,1-3H3,(H,14,16)/t10-/m0/s1. The molecule has 0 aliphatic rings. The Kier molecular flexibility index (Phi) is 7.34. The molecule has 0 unspecified atom stereocenters.